The summed E-state index contributed by atoms with van der Waals surface area (Å²) in [4.78, 5) is 138. The van der Waals surface area contributed by atoms with Crippen LogP contribution in [0.5, 0.6) is 0 Å². The van der Waals surface area contributed by atoms with Gasteiger partial charge >= 0.3 is 17.9 Å². The van der Waals surface area contributed by atoms with Crippen molar-refractivity contribution in [2.24, 2.45) is 21.7 Å². The highest BCUT2D eigenvalue weighted by molar-refractivity contribution is 6.30. The number of benzene rings is 1. The van der Waals surface area contributed by atoms with Crippen LogP contribution in [-0.2, 0) is 45.0 Å². The molecule has 3 aliphatic heterocycles. The number of pyridine rings is 3. The fourth-order valence-electron chi connectivity index (χ4n) is 16.8. The molecule has 0 spiro atoms. The first-order valence-corrected chi connectivity index (χ1v) is 41.9. The van der Waals surface area contributed by atoms with Gasteiger partial charge in [-0.3, -0.25) is 43.2 Å². The zero-order valence-electron chi connectivity index (χ0n) is 73.7. The SMILES string of the molecule is CC(C)(CC(=O)N1CCN(C(=O)c2cc3nc(-c4ccc(Cl)c(F)c4)cc(C(C)(C)C)c3o2)C(C)(C)C1)C(=O)O.CC1(C)CCC(c2cc(C(C)(C)C)c3oc(C(=O)N4CCN(C(=O)CC(C)(C)C(=O)O)CC4(C)C)cc3n2)CC1.CC1(C)CCC(c2cc(C(C)(C)C)c3oc(C(=O)N4CCN(C(=O)CCC(=O)O)CC4(C)C)cc3n2)CC1. The summed E-state index contributed by atoms with van der Waals surface area (Å²) in [6, 6.07) is 15.9. The third kappa shape index (κ3) is 20.6. The number of carboxylic acid groups (broad SMARTS) is 3. The Morgan fingerprint density at radius 3 is 1.07 bits per heavy atom. The van der Waals surface area contributed by atoms with Gasteiger partial charge in [0, 0.05) is 142 Å². The van der Waals surface area contributed by atoms with Crippen molar-refractivity contribution in [1.29, 1.82) is 0 Å². The average Bonchev–Trinajstić information content (AvgIpc) is 1.61. The number of halogens is 2. The summed E-state index contributed by atoms with van der Waals surface area (Å²) in [7, 11) is 0. The van der Waals surface area contributed by atoms with E-state index in [-0.39, 0.29) is 119 Å². The molecule has 1 aromatic carbocycles. The number of nitrogens with zero attached hydrogens (tertiary/aromatic N) is 9. The molecule has 642 valence electrons. The zero-order chi connectivity index (χ0) is 87.7. The molecule has 24 nitrogen and oxygen atoms in total. The van der Waals surface area contributed by atoms with Gasteiger partial charge in [0.05, 0.1) is 44.6 Å². The number of rotatable bonds is 15. The summed E-state index contributed by atoms with van der Waals surface area (Å²) in [5.41, 5.74) is 5.61. The second kappa shape index (κ2) is 33.4. The quantitative estimate of drug-likeness (QED) is 0.0859. The van der Waals surface area contributed by atoms with Crippen LogP contribution in [0.3, 0.4) is 0 Å². The van der Waals surface area contributed by atoms with E-state index in [2.05, 4.69) is 86.4 Å². The number of hydrogen-bond donors (Lipinski definition) is 3. The number of carbonyl (C=O) groups is 9. The molecule has 118 heavy (non-hydrogen) atoms. The third-order valence-corrected chi connectivity index (χ3v) is 25.0. The molecule has 7 aromatic rings. The Kier molecular flexibility index (Phi) is 25.8. The lowest BCUT2D eigenvalue weighted by atomic mass is 9.72. The van der Waals surface area contributed by atoms with Crippen LogP contribution in [0.1, 0.15) is 308 Å². The molecule has 6 amide bonds. The first-order chi connectivity index (χ1) is 54.3. The Hall–Kier alpha value is -9.26. The van der Waals surface area contributed by atoms with Gasteiger partial charge in [-0.2, -0.15) is 0 Å². The number of piperazine rings is 3. The van der Waals surface area contributed by atoms with Gasteiger partial charge in [-0.1, -0.05) is 108 Å². The summed E-state index contributed by atoms with van der Waals surface area (Å²) in [5.74, 6) is -3.57. The predicted molar refractivity (Wildman–Crippen MR) is 453 cm³/mol. The topological polar surface area (TPSA) is 312 Å². The van der Waals surface area contributed by atoms with E-state index in [9.17, 15) is 57.8 Å². The lowest BCUT2D eigenvalue weighted by molar-refractivity contribution is -0.152. The Balaban J connectivity index is 0.000000186. The first kappa shape index (κ1) is 91.1. The van der Waals surface area contributed by atoms with Crippen molar-refractivity contribution < 1.29 is 76.1 Å². The van der Waals surface area contributed by atoms with Gasteiger partial charge in [0.15, 0.2) is 34.0 Å². The number of aromatic nitrogens is 3. The van der Waals surface area contributed by atoms with Gasteiger partial charge in [-0.15, -0.1) is 0 Å². The van der Waals surface area contributed by atoms with Gasteiger partial charge in [0.1, 0.15) is 22.4 Å². The van der Waals surface area contributed by atoms with Crippen molar-refractivity contribution in [3.8, 4) is 11.3 Å². The maximum absolute atomic E-state index is 14.2. The van der Waals surface area contributed by atoms with Crippen molar-refractivity contribution in [3.63, 3.8) is 0 Å². The Labute approximate surface area is 698 Å². The molecule has 12 rings (SSSR count). The van der Waals surface area contributed by atoms with Crippen LogP contribution < -0.4 is 0 Å². The number of aliphatic carboxylic acids is 3. The highest BCUT2D eigenvalue weighted by atomic mass is 35.5. The molecule has 26 heteroatoms. The molecular weight excluding hydrogens is 1530 g/mol. The van der Waals surface area contributed by atoms with E-state index < -0.39 is 51.2 Å². The van der Waals surface area contributed by atoms with E-state index >= 15 is 0 Å². The molecule has 6 aromatic heterocycles. The van der Waals surface area contributed by atoms with E-state index in [0.29, 0.717) is 95.5 Å². The Bertz CT molecular complexity index is 5020. The Morgan fingerprint density at radius 1 is 0.441 bits per heavy atom. The minimum Gasteiger partial charge on any atom is -0.481 e. The van der Waals surface area contributed by atoms with Gasteiger partial charge in [-0.25, -0.2) is 19.3 Å². The fraction of sp³-hybridized carbons (Fsp3) is 0.609. The summed E-state index contributed by atoms with van der Waals surface area (Å²) >= 11 is 5.87. The molecule has 3 saturated heterocycles. The van der Waals surface area contributed by atoms with Crippen molar-refractivity contribution in [2.45, 2.75) is 281 Å². The standard InChI is InChI=1S/C32H47N3O5.C30H35ClFN3O5.C30H43N3O5/c1-29(2,3)21-16-22(20-10-12-30(4,5)13-11-20)33-23-17-24(40-26(21)23)27(37)35-15-14-34(19-32(35,8)9)25(36)18-31(6,7)28(38)39;1-28(2,3)18-13-21(17-8-9-19(31)20(32)12-17)33-22-14-23(40-25(18)22)26(37)35-11-10-34(16-30(35,6)7)24(36)15-29(4,5)27(38)39;1-28(2,3)20-16-21(19-10-12-29(4,5)13-11-19)31-22-17-23(38-26(20)22)27(37)33-15-14-32(18-30(33,6)7)24(34)8-9-25(35)36/h16-17,20H,10-15,18-19H2,1-9H3,(H,38,39);8-9,12-14H,10-11,15-16H2,1-7H3,(H,38,39);16-17,19H,8-15,18H2,1-7H3,(H,35,36). The van der Waals surface area contributed by atoms with Crippen LogP contribution in [0.15, 0.2) is 67.8 Å². The third-order valence-electron chi connectivity index (χ3n) is 24.7. The minimum atomic E-state index is -1.18. The van der Waals surface area contributed by atoms with E-state index in [1.807, 2.05) is 68.4 Å². The van der Waals surface area contributed by atoms with Gasteiger partial charge in [0.25, 0.3) is 17.7 Å². The maximum atomic E-state index is 14.2. The number of amides is 6. The molecule has 3 N–H and O–H groups in total. The van der Waals surface area contributed by atoms with E-state index in [4.69, 9.17) is 39.9 Å². The molecule has 5 fully saturated rings. The van der Waals surface area contributed by atoms with Crippen LogP contribution in [0, 0.1) is 27.5 Å². The molecule has 0 unspecified atom stereocenters. The molecule has 2 saturated carbocycles. The fourth-order valence-corrected chi connectivity index (χ4v) is 17.0. The average molecular weight is 1650 g/mol. The molecule has 5 aliphatic rings. The normalized spacial score (nSPS) is 18.7. The largest absolute Gasteiger partial charge is 0.481 e. The number of furan rings is 3. The summed E-state index contributed by atoms with van der Waals surface area (Å²) < 4.78 is 32.9. The maximum Gasteiger partial charge on any atom is 0.309 e. The van der Waals surface area contributed by atoms with E-state index in [1.54, 1.807) is 67.5 Å². The highest BCUT2D eigenvalue weighted by Crippen LogP contribution is 2.47. The Morgan fingerprint density at radius 2 is 0.763 bits per heavy atom. The lowest BCUT2D eigenvalue weighted by Gasteiger charge is -2.47. The molecule has 0 bridgehead atoms. The van der Waals surface area contributed by atoms with Crippen molar-refractivity contribution in [2.75, 3.05) is 58.9 Å². The molecular formula is C92H125ClFN9O15. The van der Waals surface area contributed by atoms with Gasteiger partial charge in [0.2, 0.25) is 17.7 Å². The van der Waals surface area contributed by atoms with E-state index in [0.717, 1.165) is 64.8 Å². The number of fused-ring (bicyclic) bond motifs is 3. The second-order valence-corrected chi connectivity index (χ2v) is 41.8. The van der Waals surface area contributed by atoms with Crippen molar-refractivity contribution in [3.05, 3.63) is 111 Å². The first-order valence-electron chi connectivity index (χ1n) is 41.6. The smallest absolute Gasteiger partial charge is 0.309 e. The van der Waals surface area contributed by atoms with Crippen LogP contribution in [-0.4, -0.2) is 189 Å². The highest BCUT2D eigenvalue weighted by Gasteiger charge is 2.46. The minimum absolute atomic E-state index is 0.0204. The van der Waals surface area contributed by atoms with Crippen LogP contribution in [0.2, 0.25) is 5.02 Å². The van der Waals surface area contributed by atoms with E-state index in [1.165, 1.54) is 51.7 Å². The van der Waals surface area contributed by atoms with Gasteiger partial charge < -0.3 is 58.0 Å². The second-order valence-electron chi connectivity index (χ2n) is 41.4. The summed E-state index contributed by atoms with van der Waals surface area (Å²) in [5, 5.41) is 27.8. The molecule has 9 heterocycles. The van der Waals surface area contributed by atoms with Crippen LogP contribution in [0.4, 0.5) is 4.39 Å². The zero-order valence-corrected chi connectivity index (χ0v) is 74.5. The summed E-state index contributed by atoms with van der Waals surface area (Å²) in [6.07, 6.45) is 8.71. The lowest BCUT2D eigenvalue weighted by Crippen LogP contribution is -2.62. The van der Waals surface area contributed by atoms with Crippen molar-refractivity contribution in [1.82, 2.24) is 44.4 Å². The van der Waals surface area contributed by atoms with Gasteiger partial charge in [-0.05, 0) is 178 Å². The molecule has 2 aliphatic carbocycles. The van der Waals surface area contributed by atoms with Crippen LogP contribution in [0.25, 0.3) is 44.6 Å². The molecule has 0 atom stereocenters. The summed E-state index contributed by atoms with van der Waals surface area (Å²) in [6.45, 7) is 48.8. The number of carbonyl (C=O) groups excluding carboxylic acids is 6. The predicted octanol–water partition coefficient (Wildman–Crippen LogP) is 18.3. The molecule has 0 radical (unpaired) electrons. The van der Waals surface area contributed by atoms with Crippen molar-refractivity contribution >= 4 is 98.3 Å². The number of carboxylic acids is 3. The monoisotopic (exact) mass is 1650 g/mol. The number of hydrogen-bond acceptors (Lipinski definition) is 15. The van der Waals surface area contributed by atoms with Crippen LogP contribution >= 0.6 is 11.6 Å².